The molecule has 0 bridgehead atoms. The Labute approximate surface area is 225 Å². The number of hydrogen-bond acceptors (Lipinski definition) is 5. The lowest BCUT2D eigenvalue weighted by atomic mass is 10.1. The van der Waals surface area contributed by atoms with Crippen molar-refractivity contribution >= 4 is 68.1 Å². The van der Waals surface area contributed by atoms with Crippen LogP contribution in [-0.2, 0) is 9.59 Å². The molecule has 1 atom stereocenters. The number of nitrogens with zero attached hydrogens (tertiary/aromatic N) is 4. The first-order valence-corrected chi connectivity index (χ1v) is 13.3. The van der Waals surface area contributed by atoms with E-state index < -0.39 is 6.04 Å². The Balaban J connectivity index is 1.47. The van der Waals surface area contributed by atoms with Gasteiger partial charge in [-0.2, -0.15) is 0 Å². The largest absolute Gasteiger partial charge is 0.336 e. The molecule has 2 amide bonds. The summed E-state index contributed by atoms with van der Waals surface area (Å²) in [5.74, 6) is -0.437. The second kappa shape index (κ2) is 11.8. The molecule has 0 spiro atoms. The third kappa shape index (κ3) is 6.59. The number of benzene rings is 2. The minimum Gasteiger partial charge on any atom is -0.336 e. The lowest BCUT2D eigenvalue weighted by Crippen LogP contribution is -2.45. The highest BCUT2D eigenvalue weighted by molar-refractivity contribution is 9.10. The van der Waals surface area contributed by atoms with Crippen LogP contribution in [0.3, 0.4) is 0 Å². The third-order valence-electron chi connectivity index (χ3n) is 6.36. The maximum Gasteiger partial charge on any atom is 0.256 e. The molecular weight excluding hydrogens is 550 g/mol. The van der Waals surface area contributed by atoms with Crippen molar-refractivity contribution in [3.8, 4) is 0 Å². The van der Waals surface area contributed by atoms with E-state index >= 15 is 0 Å². The number of rotatable bonds is 8. The number of nitrogens with one attached hydrogen (secondary N) is 1. The summed E-state index contributed by atoms with van der Waals surface area (Å²) in [4.78, 5) is 34.6. The Morgan fingerprint density at radius 1 is 1.11 bits per heavy atom. The first kappa shape index (κ1) is 26.0. The van der Waals surface area contributed by atoms with Crippen molar-refractivity contribution in [2.24, 2.45) is 0 Å². The summed E-state index contributed by atoms with van der Waals surface area (Å²) in [6.07, 6.45) is 0.867. The Morgan fingerprint density at radius 2 is 1.83 bits per heavy atom. The summed E-state index contributed by atoms with van der Waals surface area (Å²) >= 11 is 15.3. The quantitative estimate of drug-likeness (QED) is 0.477. The number of amides is 2. The number of piperazine rings is 1. The number of carbonyl (C=O) groups excluding carboxylic acids is 2. The molecule has 0 unspecified atom stereocenters. The summed E-state index contributed by atoms with van der Waals surface area (Å²) in [7, 11) is 2.14. The van der Waals surface area contributed by atoms with Crippen molar-refractivity contribution in [2.45, 2.75) is 18.9 Å². The SMILES string of the molecule is CN1CCN(CCCN2C(=S)N(c3cccc(Cl)c3)C(=O)[C@@H]2CC(=O)Nc2ccc(Br)cc2)CC1. The molecule has 2 saturated heterocycles. The zero-order chi connectivity index (χ0) is 24.9. The number of likely N-dealkylation sites (N-methyl/N-ethyl adjacent to an activating group) is 1. The van der Waals surface area contributed by atoms with Gasteiger partial charge >= 0.3 is 0 Å². The summed E-state index contributed by atoms with van der Waals surface area (Å²) in [5.41, 5.74) is 1.30. The molecule has 0 saturated carbocycles. The molecule has 2 fully saturated rings. The van der Waals surface area contributed by atoms with Crippen LogP contribution in [0.1, 0.15) is 12.8 Å². The lowest BCUT2D eigenvalue weighted by Gasteiger charge is -2.33. The predicted molar refractivity (Wildman–Crippen MR) is 148 cm³/mol. The van der Waals surface area contributed by atoms with Gasteiger partial charge in [0.1, 0.15) is 6.04 Å². The van der Waals surface area contributed by atoms with Gasteiger partial charge in [0.15, 0.2) is 5.11 Å². The molecule has 2 aliphatic rings. The van der Waals surface area contributed by atoms with E-state index in [4.69, 9.17) is 23.8 Å². The van der Waals surface area contributed by atoms with Gasteiger partial charge in [-0.15, -0.1) is 0 Å². The van der Waals surface area contributed by atoms with Crippen molar-refractivity contribution in [2.75, 3.05) is 56.5 Å². The molecule has 0 aliphatic carbocycles. The van der Waals surface area contributed by atoms with Crippen LogP contribution < -0.4 is 10.2 Å². The average Bonchev–Trinajstić information content (AvgIpc) is 3.05. The van der Waals surface area contributed by atoms with E-state index in [2.05, 4.69) is 38.1 Å². The predicted octanol–water partition coefficient (Wildman–Crippen LogP) is 4.07. The Bertz CT molecular complexity index is 1080. The highest BCUT2D eigenvalue weighted by Crippen LogP contribution is 2.29. The Morgan fingerprint density at radius 3 is 2.51 bits per heavy atom. The first-order chi connectivity index (χ1) is 16.8. The molecule has 4 rings (SSSR count). The van der Waals surface area contributed by atoms with Crippen LogP contribution >= 0.6 is 39.7 Å². The van der Waals surface area contributed by atoms with Crippen LogP contribution in [0.15, 0.2) is 53.0 Å². The monoisotopic (exact) mass is 577 g/mol. The number of thiocarbonyl (C=S) groups is 1. The van der Waals surface area contributed by atoms with Gasteiger partial charge in [-0.05, 0) is 74.7 Å². The number of hydrogen-bond donors (Lipinski definition) is 1. The van der Waals surface area contributed by atoms with Gasteiger partial charge in [0.05, 0.1) is 12.1 Å². The Hall–Kier alpha value is -2.04. The molecule has 7 nitrogen and oxygen atoms in total. The van der Waals surface area contributed by atoms with Crippen LogP contribution in [0.4, 0.5) is 11.4 Å². The third-order valence-corrected chi connectivity index (χ3v) is 7.54. The topological polar surface area (TPSA) is 59.1 Å². The van der Waals surface area contributed by atoms with E-state index in [9.17, 15) is 9.59 Å². The minimum absolute atomic E-state index is 0.0145. The fourth-order valence-electron chi connectivity index (χ4n) is 4.40. The zero-order valence-electron chi connectivity index (χ0n) is 19.6. The molecule has 2 aliphatic heterocycles. The molecule has 10 heteroatoms. The van der Waals surface area contributed by atoms with Crippen LogP contribution in [0.5, 0.6) is 0 Å². The van der Waals surface area contributed by atoms with Crippen molar-refractivity contribution in [1.82, 2.24) is 14.7 Å². The Kier molecular flexibility index (Phi) is 8.77. The maximum absolute atomic E-state index is 13.5. The van der Waals surface area contributed by atoms with E-state index in [0.717, 1.165) is 43.6 Å². The van der Waals surface area contributed by atoms with Crippen molar-refractivity contribution in [3.05, 3.63) is 58.0 Å². The van der Waals surface area contributed by atoms with Gasteiger partial charge in [-0.1, -0.05) is 33.6 Å². The summed E-state index contributed by atoms with van der Waals surface area (Å²) in [5, 5.41) is 3.83. The van der Waals surface area contributed by atoms with Gasteiger partial charge in [-0.25, -0.2) is 0 Å². The van der Waals surface area contributed by atoms with Crippen LogP contribution in [0.2, 0.25) is 5.02 Å². The molecule has 35 heavy (non-hydrogen) atoms. The fraction of sp³-hybridized carbons (Fsp3) is 0.400. The van der Waals surface area contributed by atoms with Crippen LogP contribution in [-0.4, -0.2) is 84.0 Å². The van der Waals surface area contributed by atoms with Gasteiger partial charge < -0.3 is 20.0 Å². The fourth-order valence-corrected chi connectivity index (χ4v) is 5.26. The lowest BCUT2D eigenvalue weighted by molar-refractivity contribution is -0.124. The zero-order valence-corrected chi connectivity index (χ0v) is 22.8. The molecule has 2 aromatic rings. The van der Waals surface area contributed by atoms with Gasteiger partial charge in [0.25, 0.3) is 5.91 Å². The smallest absolute Gasteiger partial charge is 0.256 e. The highest BCUT2D eigenvalue weighted by atomic mass is 79.9. The van der Waals surface area contributed by atoms with Gasteiger partial charge in [0, 0.05) is 47.9 Å². The second-order valence-electron chi connectivity index (χ2n) is 8.90. The molecule has 1 N–H and O–H groups in total. The van der Waals surface area contributed by atoms with Crippen molar-refractivity contribution < 1.29 is 9.59 Å². The average molecular weight is 579 g/mol. The highest BCUT2D eigenvalue weighted by Gasteiger charge is 2.44. The number of carbonyl (C=O) groups is 2. The summed E-state index contributed by atoms with van der Waals surface area (Å²) in [6.45, 7) is 5.71. The van der Waals surface area contributed by atoms with E-state index in [1.54, 1.807) is 18.2 Å². The second-order valence-corrected chi connectivity index (χ2v) is 10.6. The number of halogens is 2. The van der Waals surface area contributed by atoms with E-state index in [1.165, 1.54) is 4.90 Å². The minimum atomic E-state index is -0.663. The van der Waals surface area contributed by atoms with E-state index in [-0.39, 0.29) is 18.2 Å². The molecule has 0 aromatic heterocycles. The van der Waals surface area contributed by atoms with Gasteiger partial charge in [0.2, 0.25) is 5.91 Å². The van der Waals surface area contributed by atoms with Crippen LogP contribution in [0, 0.1) is 0 Å². The summed E-state index contributed by atoms with van der Waals surface area (Å²) in [6, 6.07) is 13.8. The normalized spacial score (nSPS) is 19.5. The van der Waals surface area contributed by atoms with Crippen LogP contribution in [0.25, 0.3) is 0 Å². The summed E-state index contributed by atoms with van der Waals surface area (Å²) < 4.78 is 0.926. The molecular formula is C25H29BrClN5O2S. The standard InChI is InChI=1S/C25H29BrClN5O2S/c1-29-12-14-30(15-13-29)10-3-11-31-22(17-23(33)28-20-8-6-18(26)7-9-20)24(34)32(25(31)35)21-5-2-4-19(27)16-21/h2,4-9,16,22H,3,10-15,17H2,1H3,(H,28,33)/t22-/m0/s1. The number of anilines is 2. The van der Waals surface area contributed by atoms with Crippen molar-refractivity contribution in [3.63, 3.8) is 0 Å². The first-order valence-electron chi connectivity index (χ1n) is 11.7. The molecule has 2 heterocycles. The maximum atomic E-state index is 13.5. The van der Waals surface area contributed by atoms with E-state index in [1.807, 2.05) is 35.2 Å². The van der Waals surface area contributed by atoms with E-state index in [0.29, 0.717) is 28.1 Å². The molecule has 186 valence electrons. The van der Waals surface area contributed by atoms with Gasteiger partial charge in [-0.3, -0.25) is 14.5 Å². The molecule has 2 aromatic carbocycles. The van der Waals surface area contributed by atoms with Crippen molar-refractivity contribution in [1.29, 1.82) is 0 Å². The molecule has 0 radical (unpaired) electrons.